The fraction of sp³-hybridized carbons (Fsp3) is 0.750. The molecule has 0 rings (SSSR count). The van der Waals surface area contributed by atoms with Crippen molar-refractivity contribution in [3.05, 3.63) is 0 Å². The molecule has 0 saturated heterocycles. The smallest absolute Gasteiger partial charge is 0.402 e. The van der Waals surface area contributed by atoms with Crippen molar-refractivity contribution in [1.82, 2.24) is 4.90 Å². The highest BCUT2D eigenvalue weighted by atomic mass is 127. The number of rotatable bonds is 7. The van der Waals surface area contributed by atoms with Gasteiger partial charge in [0.1, 0.15) is 0 Å². The molecule has 5 heteroatoms. The minimum absolute atomic E-state index is 0.947. The van der Waals surface area contributed by atoms with Gasteiger partial charge in [0.2, 0.25) is 0 Å². The first-order valence-electron chi connectivity index (χ1n) is 5.87. The van der Waals surface area contributed by atoms with E-state index in [2.05, 4.69) is 56.9 Å². The van der Waals surface area contributed by atoms with E-state index in [-0.39, 0.29) is 0 Å². The second-order valence-corrected chi connectivity index (χ2v) is 4.13. The van der Waals surface area contributed by atoms with Crippen molar-refractivity contribution < 1.29 is 9.90 Å². The highest BCUT2D eigenvalue weighted by molar-refractivity contribution is 14.1. The number of hydrogen-bond donors (Lipinski definition) is 2. The van der Waals surface area contributed by atoms with E-state index in [1.807, 2.05) is 0 Å². The highest BCUT2D eigenvalue weighted by Gasteiger charge is 2.00. The predicted molar refractivity (Wildman–Crippen MR) is 80.3 cm³/mol. The Morgan fingerprint density at radius 1 is 1.29 bits per heavy atom. The fourth-order valence-electron chi connectivity index (χ4n) is 1.18. The number of carboxylic acid groups (broad SMARTS) is 1. The van der Waals surface area contributed by atoms with E-state index >= 15 is 0 Å². The molecule has 0 aliphatic carbocycles. The summed E-state index contributed by atoms with van der Waals surface area (Å²) in [7, 11) is 0. The Morgan fingerprint density at radius 3 is 2.00 bits per heavy atom. The van der Waals surface area contributed by atoms with Gasteiger partial charge in [0.25, 0.3) is 0 Å². The molecule has 0 aliphatic rings. The average molecular weight is 354 g/mol. The lowest BCUT2D eigenvalue weighted by Crippen LogP contribution is -2.26. The van der Waals surface area contributed by atoms with E-state index in [1.165, 1.54) is 38.8 Å². The van der Waals surface area contributed by atoms with Crippen molar-refractivity contribution in [3.63, 3.8) is 0 Å². The zero-order valence-corrected chi connectivity index (χ0v) is 12.9. The van der Waals surface area contributed by atoms with E-state index in [4.69, 9.17) is 9.90 Å². The maximum Gasteiger partial charge on any atom is 0.402 e. The summed E-state index contributed by atoms with van der Waals surface area (Å²) in [4.78, 5) is 11.2. The first-order valence-corrected chi connectivity index (χ1v) is 6.95. The van der Waals surface area contributed by atoms with Crippen molar-refractivity contribution in [3.8, 4) is 9.85 Å². The first-order chi connectivity index (χ1) is 8.08. The van der Waals surface area contributed by atoms with E-state index in [9.17, 15) is 0 Å². The van der Waals surface area contributed by atoms with Gasteiger partial charge in [-0.05, 0) is 29.9 Å². The Hall–Kier alpha value is -0.480. The third-order valence-electron chi connectivity index (χ3n) is 2.03. The van der Waals surface area contributed by atoms with Crippen LogP contribution in [0.4, 0.5) is 4.79 Å². The zero-order chi connectivity index (χ0) is 13.5. The van der Waals surface area contributed by atoms with Crippen LogP contribution in [-0.2, 0) is 0 Å². The molecule has 0 aromatic carbocycles. The van der Waals surface area contributed by atoms with E-state index < -0.39 is 6.09 Å². The molecule has 0 aliphatic heterocycles. The van der Waals surface area contributed by atoms with Gasteiger partial charge in [0.15, 0.2) is 0 Å². The molecule has 17 heavy (non-hydrogen) atoms. The molecule has 0 unspecified atom stereocenters. The Bertz CT molecular complexity index is 224. The molecule has 3 N–H and O–H groups in total. The monoisotopic (exact) mass is 354 g/mol. The second-order valence-electron chi connectivity index (χ2n) is 3.59. The summed E-state index contributed by atoms with van der Waals surface area (Å²) in [5, 5.41) is 7.19. The second kappa shape index (κ2) is 15.5. The summed E-state index contributed by atoms with van der Waals surface area (Å²) in [6, 6.07) is 0. The van der Waals surface area contributed by atoms with Crippen LogP contribution < -0.4 is 5.73 Å². The van der Waals surface area contributed by atoms with Crippen molar-refractivity contribution in [2.45, 2.75) is 39.5 Å². The first kappa shape index (κ1) is 18.9. The third-order valence-corrected chi connectivity index (χ3v) is 2.41. The lowest BCUT2D eigenvalue weighted by molar-refractivity contribution is 0.205. The summed E-state index contributed by atoms with van der Waals surface area (Å²) in [5.74, 6) is 3.13. The van der Waals surface area contributed by atoms with Gasteiger partial charge in [-0.2, -0.15) is 0 Å². The van der Waals surface area contributed by atoms with Crippen LogP contribution in [0.1, 0.15) is 39.5 Å². The van der Waals surface area contributed by atoms with Crippen LogP contribution in [0, 0.1) is 9.85 Å². The Labute approximate surface area is 118 Å². The molecule has 0 fully saturated rings. The number of carbonyl (C=O) groups is 1. The number of primary amides is 1. The number of hydrogen-bond acceptors (Lipinski definition) is 2. The van der Waals surface area contributed by atoms with Crippen LogP contribution in [0.3, 0.4) is 0 Å². The molecule has 0 heterocycles. The van der Waals surface area contributed by atoms with E-state index in [1.54, 1.807) is 0 Å². The molecule has 0 saturated carbocycles. The minimum Gasteiger partial charge on any atom is -0.465 e. The van der Waals surface area contributed by atoms with Crippen molar-refractivity contribution in [2.75, 3.05) is 19.6 Å². The third kappa shape index (κ3) is 21.4. The number of unbranched alkanes of at least 4 members (excludes halogenated alkanes) is 2. The maximum absolute atomic E-state index is 8.78. The quantitative estimate of drug-likeness (QED) is 0.546. The van der Waals surface area contributed by atoms with E-state index in [0.29, 0.717) is 0 Å². The number of amides is 1. The number of halogens is 1. The molecule has 100 valence electrons. The Kier molecular flexibility index (Phi) is 17.2. The van der Waals surface area contributed by atoms with Gasteiger partial charge in [-0.15, -0.1) is 0 Å². The minimum atomic E-state index is -1.33. The fourth-order valence-corrected chi connectivity index (χ4v) is 1.35. The van der Waals surface area contributed by atoms with Crippen molar-refractivity contribution >= 4 is 28.7 Å². The lowest BCUT2D eigenvalue weighted by atomic mass is 10.2. The summed E-state index contributed by atoms with van der Waals surface area (Å²) < 4.78 is 2.93. The van der Waals surface area contributed by atoms with Gasteiger partial charge < -0.3 is 10.8 Å². The van der Waals surface area contributed by atoms with Crippen molar-refractivity contribution in [1.29, 1.82) is 0 Å². The van der Waals surface area contributed by atoms with Gasteiger partial charge in [-0.3, -0.25) is 4.90 Å². The number of nitrogens with zero attached hydrogens (tertiary/aromatic N) is 1. The predicted octanol–water partition coefficient (Wildman–Crippen LogP) is 2.91. The zero-order valence-electron chi connectivity index (χ0n) is 10.7. The van der Waals surface area contributed by atoms with Gasteiger partial charge in [-0.25, -0.2) is 4.79 Å². The molecule has 4 nitrogen and oxygen atoms in total. The highest BCUT2D eigenvalue weighted by Crippen LogP contribution is 1.98. The molecule has 0 aromatic rings. The summed E-state index contributed by atoms with van der Waals surface area (Å²) >= 11 is 2.11. The van der Waals surface area contributed by atoms with E-state index in [0.717, 1.165) is 6.54 Å². The van der Waals surface area contributed by atoms with Gasteiger partial charge in [0.05, 0.1) is 6.54 Å². The Balaban J connectivity index is 0. The molecular weight excluding hydrogens is 331 g/mol. The van der Waals surface area contributed by atoms with Crippen LogP contribution in [0.15, 0.2) is 0 Å². The topological polar surface area (TPSA) is 66.6 Å². The van der Waals surface area contributed by atoms with Gasteiger partial charge >= 0.3 is 6.09 Å². The molecule has 1 amide bonds. The average Bonchev–Trinajstić information content (AvgIpc) is 2.27. The lowest BCUT2D eigenvalue weighted by Gasteiger charge is -2.18. The summed E-state index contributed by atoms with van der Waals surface area (Å²) in [6.07, 6.45) is 3.82. The molecule has 0 aromatic heterocycles. The largest absolute Gasteiger partial charge is 0.465 e. The van der Waals surface area contributed by atoms with Crippen LogP contribution in [0.2, 0.25) is 0 Å². The SMILES string of the molecule is CCCCN(CC#CI)CCCC.NC(=O)O. The molecule has 0 atom stereocenters. The van der Waals surface area contributed by atoms with Crippen LogP contribution in [0.25, 0.3) is 0 Å². The Morgan fingerprint density at radius 2 is 1.71 bits per heavy atom. The van der Waals surface area contributed by atoms with Gasteiger partial charge in [0, 0.05) is 22.6 Å². The maximum atomic E-state index is 8.78. The molecular formula is C12H23IN2O2. The number of nitrogens with two attached hydrogens (primary N) is 1. The van der Waals surface area contributed by atoms with Crippen molar-refractivity contribution in [2.24, 2.45) is 5.73 Å². The molecule has 0 spiro atoms. The van der Waals surface area contributed by atoms with Crippen LogP contribution in [-0.4, -0.2) is 35.7 Å². The summed E-state index contributed by atoms with van der Waals surface area (Å²) in [6.45, 7) is 7.84. The normalized spacial score (nSPS) is 8.94. The molecule has 0 bridgehead atoms. The molecule has 0 radical (unpaired) electrons. The van der Waals surface area contributed by atoms with Crippen LogP contribution >= 0.6 is 22.6 Å². The van der Waals surface area contributed by atoms with Crippen LogP contribution in [0.5, 0.6) is 0 Å². The summed E-state index contributed by atoms with van der Waals surface area (Å²) in [5.41, 5.74) is 4.03. The standard InChI is InChI=1S/C11H20IN.CH3NO2/c1-3-5-9-13(10-6-4-2)11-7-8-12;2-1(3)4/h3-6,9-11H2,1-2H3;2H2,(H,3,4). The van der Waals surface area contributed by atoms with Gasteiger partial charge in [-0.1, -0.05) is 32.6 Å².